The summed E-state index contributed by atoms with van der Waals surface area (Å²) in [6, 6.07) is -3.79. The summed E-state index contributed by atoms with van der Waals surface area (Å²) in [6.45, 7) is 7.58. The lowest BCUT2D eigenvalue weighted by molar-refractivity contribution is -0.142. The first-order valence-electron chi connectivity index (χ1n) is 11.9. The monoisotopic (exact) mass is 512 g/mol. The van der Waals surface area contributed by atoms with Crippen LogP contribution in [0.25, 0.3) is 0 Å². The SMILES string of the molecule is CCC(C)C(N)C(=O)NC(CCSC)C(=O)NC(CC(C)C)C(=O)NC(Cc1cnc[nH]1)C(=O)O. The van der Waals surface area contributed by atoms with Gasteiger partial charge in [0.2, 0.25) is 17.7 Å². The van der Waals surface area contributed by atoms with Crippen molar-refractivity contribution in [1.29, 1.82) is 0 Å². The van der Waals surface area contributed by atoms with Crippen molar-refractivity contribution < 1.29 is 24.3 Å². The van der Waals surface area contributed by atoms with Crippen LogP contribution in [0.4, 0.5) is 0 Å². The molecule has 0 aliphatic rings. The molecule has 0 aliphatic carbocycles. The van der Waals surface area contributed by atoms with Gasteiger partial charge in [-0.25, -0.2) is 9.78 Å². The quantitative estimate of drug-likeness (QED) is 0.187. The largest absolute Gasteiger partial charge is 0.480 e. The molecule has 12 heteroatoms. The maximum atomic E-state index is 13.1. The molecule has 0 radical (unpaired) electrons. The van der Waals surface area contributed by atoms with Gasteiger partial charge in [-0.15, -0.1) is 0 Å². The molecule has 0 saturated carbocycles. The molecule has 0 aliphatic heterocycles. The zero-order chi connectivity index (χ0) is 26.5. The summed E-state index contributed by atoms with van der Waals surface area (Å²) < 4.78 is 0. The second-order valence-electron chi connectivity index (χ2n) is 9.13. The summed E-state index contributed by atoms with van der Waals surface area (Å²) in [6.07, 6.45) is 6.19. The fraction of sp³-hybridized carbons (Fsp3) is 0.696. The van der Waals surface area contributed by atoms with E-state index in [9.17, 15) is 24.3 Å². The predicted molar refractivity (Wildman–Crippen MR) is 136 cm³/mol. The fourth-order valence-corrected chi connectivity index (χ4v) is 3.82. The minimum absolute atomic E-state index is 0.0172. The Balaban J connectivity index is 2.97. The number of carbonyl (C=O) groups is 4. The van der Waals surface area contributed by atoms with Crippen molar-refractivity contribution in [3.05, 3.63) is 18.2 Å². The zero-order valence-electron chi connectivity index (χ0n) is 21.2. The van der Waals surface area contributed by atoms with Crippen molar-refractivity contribution in [3.63, 3.8) is 0 Å². The number of imidazole rings is 1. The van der Waals surface area contributed by atoms with E-state index in [-0.39, 0.29) is 18.3 Å². The number of aliphatic carboxylic acids is 1. The van der Waals surface area contributed by atoms with E-state index >= 15 is 0 Å². The maximum Gasteiger partial charge on any atom is 0.326 e. The molecule has 0 saturated heterocycles. The minimum atomic E-state index is -1.20. The van der Waals surface area contributed by atoms with Crippen LogP contribution < -0.4 is 21.7 Å². The average Bonchev–Trinajstić information content (AvgIpc) is 3.32. The van der Waals surface area contributed by atoms with E-state index in [1.807, 2.05) is 34.0 Å². The molecule has 0 spiro atoms. The molecule has 198 valence electrons. The van der Waals surface area contributed by atoms with Crippen LogP contribution >= 0.6 is 11.8 Å². The summed E-state index contributed by atoms with van der Waals surface area (Å²) in [5, 5.41) is 17.5. The Morgan fingerprint density at radius 3 is 2.17 bits per heavy atom. The van der Waals surface area contributed by atoms with Gasteiger partial charge in [-0.1, -0.05) is 34.1 Å². The van der Waals surface area contributed by atoms with Gasteiger partial charge < -0.3 is 31.8 Å². The first-order valence-corrected chi connectivity index (χ1v) is 13.2. The molecule has 5 unspecified atom stereocenters. The van der Waals surface area contributed by atoms with Crippen molar-refractivity contribution in [2.24, 2.45) is 17.6 Å². The van der Waals surface area contributed by atoms with Gasteiger partial charge in [-0.05, 0) is 36.7 Å². The molecule has 1 aromatic heterocycles. The van der Waals surface area contributed by atoms with Gasteiger partial charge in [0.15, 0.2) is 0 Å². The molecule has 1 heterocycles. The molecule has 3 amide bonds. The number of carbonyl (C=O) groups excluding carboxylic acids is 3. The molecule has 1 rings (SSSR count). The van der Waals surface area contributed by atoms with Gasteiger partial charge in [-0.3, -0.25) is 14.4 Å². The Kier molecular flexibility index (Phi) is 13.4. The van der Waals surface area contributed by atoms with Crippen molar-refractivity contribution in [3.8, 4) is 0 Å². The van der Waals surface area contributed by atoms with Gasteiger partial charge in [0.05, 0.1) is 12.4 Å². The number of amides is 3. The van der Waals surface area contributed by atoms with Crippen molar-refractivity contribution >= 4 is 35.5 Å². The van der Waals surface area contributed by atoms with E-state index in [1.165, 1.54) is 24.3 Å². The third kappa shape index (κ3) is 10.7. The van der Waals surface area contributed by atoms with Crippen LogP contribution in [0.5, 0.6) is 0 Å². The lowest BCUT2D eigenvalue weighted by Crippen LogP contribution is -2.58. The number of carboxylic acids is 1. The number of nitrogens with two attached hydrogens (primary N) is 1. The molecule has 11 nitrogen and oxygen atoms in total. The first kappa shape index (κ1) is 30.4. The van der Waals surface area contributed by atoms with Crippen LogP contribution in [0.15, 0.2) is 12.5 Å². The second-order valence-corrected chi connectivity index (χ2v) is 10.1. The van der Waals surface area contributed by atoms with E-state index in [0.29, 0.717) is 24.3 Å². The van der Waals surface area contributed by atoms with Crippen LogP contribution in [0.1, 0.15) is 52.7 Å². The molecule has 5 atom stereocenters. The molecule has 0 aromatic carbocycles. The summed E-state index contributed by atoms with van der Waals surface area (Å²) in [5.74, 6) is -2.14. The molecular weight excluding hydrogens is 472 g/mol. The number of nitrogens with zero attached hydrogens (tertiary/aromatic N) is 1. The highest BCUT2D eigenvalue weighted by Crippen LogP contribution is 2.10. The molecule has 35 heavy (non-hydrogen) atoms. The number of hydrogen-bond donors (Lipinski definition) is 6. The number of thioether (sulfide) groups is 1. The number of carboxylic acid groups (broad SMARTS) is 1. The zero-order valence-corrected chi connectivity index (χ0v) is 22.0. The second kappa shape index (κ2) is 15.4. The molecule has 0 fully saturated rings. The maximum absolute atomic E-state index is 13.1. The highest BCUT2D eigenvalue weighted by Gasteiger charge is 2.31. The highest BCUT2D eigenvalue weighted by molar-refractivity contribution is 7.98. The Labute approximate surface area is 211 Å². The van der Waals surface area contributed by atoms with E-state index in [4.69, 9.17) is 5.73 Å². The Morgan fingerprint density at radius 2 is 1.66 bits per heavy atom. The number of nitrogens with one attached hydrogen (secondary N) is 4. The van der Waals surface area contributed by atoms with Crippen molar-refractivity contribution in [2.75, 3.05) is 12.0 Å². The van der Waals surface area contributed by atoms with E-state index in [2.05, 4.69) is 25.9 Å². The Hall–Kier alpha value is -2.60. The van der Waals surface area contributed by atoms with Crippen LogP contribution in [0.2, 0.25) is 0 Å². The lowest BCUT2D eigenvalue weighted by Gasteiger charge is -2.26. The van der Waals surface area contributed by atoms with E-state index in [1.54, 1.807) is 0 Å². The highest BCUT2D eigenvalue weighted by atomic mass is 32.2. The van der Waals surface area contributed by atoms with Gasteiger partial charge in [0.1, 0.15) is 18.1 Å². The third-order valence-electron chi connectivity index (χ3n) is 5.74. The van der Waals surface area contributed by atoms with Gasteiger partial charge >= 0.3 is 5.97 Å². The van der Waals surface area contributed by atoms with Crippen LogP contribution in [-0.2, 0) is 25.6 Å². The number of aromatic amines is 1. The van der Waals surface area contributed by atoms with Gasteiger partial charge in [0.25, 0.3) is 0 Å². The van der Waals surface area contributed by atoms with Gasteiger partial charge in [0, 0.05) is 18.3 Å². The van der Waals surface area contributed by atoms with Gasteiger partial charge in [-0.2, -0.15) is 11.8 Å². The van der Waals surface area contributed by atoms with Crippen LogP contribution in [-0.4, -0.2) is 74.9 Å². The summed E-state index contributed by atoms with van der Waals surface area (Å²) in [4.78, 5) is 57.2. The summed E-state index contributed by atoms with van der Waals surface area (Å²) in [7, 11) is 0. The minimum Gasteiger partial charge on any atom is -0.480 e. The lowest BCUT2D eigenvalue weighted by atomic mass is 9.98. The molecule has 0 bridgehead atoms. The molecule has 1 aromatic rings. The number of rotatable bonds is 16. The van der Waals surface area contributed by atoms with Crippen molar-refractivity contribution in [1.82, 2.24) is 25.9 Å². The fourth-order valence-electron chi connectivity index (χ4n) is 3.35. The normalized spacial score (nSPS) is 15.5. The smallest absolute Gasteiger partial charge is 0.326 e. The molecule has 7 N–H and O–H groups in total. The Bertz CT molecular complexity index is 819. The first-order chi connectivity index (χ1) is 16.5. The standard InChI is InChI=1S/C23H40N6O5S/c1-6-14(4)19(24)22(32)27-16(7-8-35-5)20(30)28-17(9-13(2)3)21(31)29-18(23(33)34)10-15-11-25-12-26-15/h11-14,16-19H,6-10,24H2,1-5H3,(H,25,26)(H,27,32)(H,28,30)(H,29,31)(H,33,34). The topological polar surface area (TPSA) is 179 Å². The average molecular weight is 513 g/mol. The number of H-pyrrole nitrogens is 1. The van der Waals surface area contributed by atoms with Crippen molar-refractivity contribution in [2.45, 2.75) is 77.5 Å². The van der Waals surface area contributed by atoms with E-state index in [0.717, 1.165) is 6.42 Å². The molecular formula is C23H40N6O5S. The third-order valence-corrected chi connectivity index (χ3v) is 6.38. The number of hydrogen-bond acceptors (Lipinski definition) is 7. The predicted octanol–water partition coefficient (Wildman–Crippen LogP) is 0.664. The Morgan fingerprint density at radius 1 is 1.06 bits per heavy atom. The van der Waals surface area contributed by atoms with E-state index < -0.39 is 47.9 Å². The van der Waals surface area contributed by atoms with Crippen LogP contribution in [0, 0.1) is 11.8 Å². The number of aromatic nitrogens is 2. The van der Waals surface area contributed by atoms with Crippen LogP contribution in [0.3, 0.4) is 0 Å². The summed E-state index contributed by atoms with van der Waals surface area (Å²) >= 11 is 1.53. The summed E-state index contributed by atoms with van der Waals surface area (Å²) in [5.41, 5.74) is 6.58.